The van der Waals surface area contributed by atoms with E-state index in [1.807, 2.05) is 36.4 Å². The Kier molecular flexibility index (Phi) is 6.07. The summed E-state index contributed by atoms with van der Waals surface area (Å²) >= 11 is 0. The molecular formula is C28H25NO. The summed E-state index contributed by atoms with van der Waals surface area (Å²) in [5.74, 6) is 0. The van der Waals surface area contributed by atoms with E-state index in [1.54, 1.807) is 6.08 Å². The maximum atomic E-state index is 9.13. The summed E-state index contributed by atoms with van der Waals surface area (Å²) in [7, 11) is 0. The number of anilines is 1. The summed E-state index contributed by atoms with van der Waals surface area (Å²) < 4.78 is 0. The van der Waals surface area contributed by atoms with Crippen LogP contribution in [0.4, 0.5) is 5.69 Å². The number of hydrogen-bond acceptors (Lipinski definition) is 2. The Hall–Kier alpha value is -3.62. The van der Waals surface area contributed by atoms with E-state index >= 15 is 0 Å². The maximum absolute atomic E-state index is 9.13. The zero-order valence-electron chi connectivity index (χ0n) is 16.8. The molecule has 148 valence electrons. The van der Waals surface area contributed by atoms with Crippen molar-refractivity contribution in [1.82, 2.24) is 0 Å². The van der Waals surface area contributed by atoms with E-state index in [9.17, 15) is 0 Å². The first-order chi connectivity index (χ1) is 14.8. The Bertz CT molecular complexity index is 992. The fourth-order valence-electron chi connectivity index (χ4n) is 3.91. The molecule has 0 aliphatic rings. The van der Waals surface area contributed by atoms with Crippen molar-refractivity contribution < 1.29 is 5.11 Å². The van der Waals surface area contributed by atoms with Gasteiger partial charge in [0.2, 0.25) is 0 Å². The fourth-order valence-corrected chi connectivity index (χ4v) is 3.91. The molecule has 0 heterocycles. The van der Waals surface area contributed by atoms with E-state index in [-0.39, 0.29) is 6.61 Å². The van der Waals surface area contributed by atoms with Gasteiger partial charge in [0.1, 0.15) is 5.54 Å². The zero-order chi connectivity index (χ0) is 20.7. The van der Waals surface area contributed by atoms with Crippen LogP contribution in [0.2, 0.25) is 0 Å². The van der Waals surface area contributed by atoms with Gasteiger partial charge in [0.15, 0.2) is 0 Å². The summed E-state index contributed by atoms with van der Waals surface area (Å²) in [6, 6.07) is 39.9. The van der Waals surface area contributed by atoms with E-state index in [4.69, 9.17) is 5.11 Å². The molecule has 30 heavy (non-hydrogen) atoms. The average Bonchev–Trinajstić information content (AvgIpc) is 2.83. The normalized spacial score (nSPS) is 11.5. The second-order valence-electron chi connectivity index (χ2n) is 7.18. The summed E-state index contributed by atoms with van der Waals surface area (Å²) in [4.78, 5) is 0. The van der Waals surface area contributed by atoms with Crippen molar-refractivity contribution >= 4 is 11.8 Å². The predicted molar refractivity (Wildman–Crippen MR) is 125 cm³/mol. The lowest BCUT2D eigenvalue weighted by Crippen LogP contribution is -2.38. The fraction of sp³-hybridized carbons (Fsp3) is 0.0714. The first-order valence-electron chi connectivity index (χ1n) is 10.1. The molecule has 0 amide bonds. The molecule has 0 unspecified atom stereocenters. The lowest BCUT2D eigenvalue weighted by molar-refractivity contribution is 0.343. The van der Waals surface area contributed by atoms with Gasteiger partial charge in [-0.3, -0.25) is 0 Å². The molecule has 0 atom stereocenters. The highest BCUT2D eigenvalue weighted by molar-refractivity contribution is 5.63. The lowest BCUT2D eigenvalue weighted by Gasteiger charge is -2.38. The summed E-state index contributed by atoms with van der Waals surface area (Å²) in [6.07, 6.45) is 3.68. The van der Waals surface area contributed by atoms with Crippen molar-refractivity contribution in [1.29, 1.82) is 0 Å². The Morgan fingerprint density at radius 2 is 1.13 bits per heavy atom. The van der Waals surface area contributed by atoms with Crippen molar-refractivity contribution in [3.05, 3.63) is 144 Å². The smallest absolute Gasteiger partial charge is 0.114 e. The molecule has 0 aliphatic heterocycles. The van der Waals surface area contributed by atoms with Gasteiger partial charge in [-0.15, -0.1) is 0 Å². The van der Waals surface area contributed by atoms with E-state index < -0.39 is 5.54 Å². The van der Waals surface area contributed by atoms with Gasteiger partial charge in [-0.05, 0) is 34.4 Å². The molecule has 0 aliphatic carbocycles. The molecule has 2 N–H and O–H groups in total. The topological polar surface area (TPSA) is 32.3 Å². The van der Waals surface area contributed by atoms with Crippen LogP contribution in [0, 0.1) is 0 Å². The van der Waals surface area contributed by atoms with Crippen molar-refractivity contribution in [2.45, 2.75) is 5.54 Å². The van der Waals surface area contributed by atoms with Gasteiger partial charge < -0.3 is 10.4 Å². The van der Waals surface area contributed by atoms with Crippen molar-refractivity contribution in [3.63, 3.8) is 0 Å². The molecule has 4 aromatic rings. The highest BCUT2D eigenvalue weighted by Crippen LogP contribution is 2.40. The van der Waals surface area contributed by atoms with Crippen LogP contribution < -0.4 is 5.32 Å². The molecule has 4 rings (SSSR count). The lowest BCUT2D eigenvalue weighted by atomic mass is 9.76. The van der Waals surface area contributed by atoms with Crippen LogP contribution in [0.1, 0.15) is 22.3 Å². The maximum Gasteiger partial charge on any atom is 0.114 e. The quantitative estimate of drug-likeness (QED) is 0.373. The molecule has 0 spiro atoms. The van der Waals surface area contributed by atoms with Crippen LogP contribution in [0.5, 0.6) is 0 Å². The third kappa shape index (κ3) is 4.05. The van der Waals surface area contributed by atoms with Crippen LogP contribution in [0.25, 0.3) is 6.08 Å². The molecule has 0 radical (unpaired) electrons. The van der Waals surface area contributed by atoms with E-state index in [0.29, 0.717) is 0 Å². The standard InChI is InChI=1S/C28H25NO/c30-21-11-13-23-12-10-20-27(22-23)29-28(24-14-4-1-5-15-24,25-16-6-2-7-17-25)26-18-8-3-9-19-26/h1-20,22,29-30H,21H2/b13-11+. The molecular weight excluding hydrogens is 366 g/mol. The third-order valence-electron chi connectivity index (χ3n) is 5.25. The predicted octanol–water partition coefficient (Wildman–Crippen LogP) is 6.10. The van der Waals surface area contributed by atoms with E-state index in [2.05, 4.69) is 90.2 Å². The number of aliphatic hydroxyl groups is 1. The van der Waals surface area contributed by atoms with Crippen LogP contribution in [-0.2, 0) is 5.54 Å². The van der Waals surface area contributed by atoms with Crippen LogP contribution in [0.15, 0.2) is 121 Å². The van der Waals surface area contributed by atoms with Crippen LogP contribution in [-0.4, -0.2) is 11.7 Å². The summed E-state index contributed by atoms with van der Waals surface area (Å²) in [6.45, 7) is 0.0274. The number of rotatable bonds is 7. The monoisotopic (exact) mass is 391 g/mol. The first-order valence-corrected chi connectivity index (χ1v) is 10.1. The molecule has 2 heteroatoms. The highest BCUT2D eigenvalue weighted by Gasteiger charge is 2.36. The van der Waals surface area contributed by atoms with Gasteiger partial charge in [-0.2, -0.15) is 0 Å². The number of nitrogens with one attached hydrogen (secondary N) is 1. The third-order valence-corrected chi connectivity index (χ3v) is 5.25. The van der Waals surface area contributed by atoms with E-state index in [1.165, 1.54) is 16.7 Å². The van der Waals surface area contributed by atoms with Crippen LogP contribution in [0.3, 0.4) is 0 Å². The average molecular weight is 392 g/mol. The molecule has 2 nitrogen and oxygen atoms in total. The second-order valence-corrected chi connectivity index (χ2v) is 7.18. The van der Waals surface area contributed by atoms with Gasteiger partial charge in [-0.1, -0.05) is 115 Å². The van der Waals surface area contributed by atoms with Crippen molar-refractivity contribution in [3.8, 4) is 0 Å². The minimum absolute atomic E-state index is 0.0274. The molecule has 0 saturated heterocycles. The Labute approximate surface area is 178 Å². The Morgan fingerprint density at radius 3 is 1.60 bits per heavy atom. The number of benzene rings is 4. The van der Waals surface area contributed by atoms with Crippen molar-refractivity contribution in [2.24, 2.45) is 0 Å². The number of aliphatic hydroxyl groups excluding tert-OH is 1. The van der Waals surface area contributed by atoms with Gasteiger partial charge >= 0.3 is 0 Å². The minimum atomic E-state index is -0.552. The van der Waals surface area contributed by atoms with Crippen LogP contribution >= 0.6 is 0 Å². The number of hydrogen-bond donors (Lipinski definition) is 2. The summed E-state index contributed by atoms with van der Waals surface area (Å²) in [5.41, 5.74) is 4.99. The highest BCUT2D eigenvalue weighted by atomic mass is 16.2. The molecule has 0 saturated carbocycles. The molecule has 0 bridgehead atoms. The summed E-state index contributed by atoms with van der Waals surface area (Å²) in [5, 5.41) is 13.0. The van der Waals surface area contributed by atoms with Gasteiger partial charge in [0.25, 0.3) is 0 Å². The first kappa shape index (κ1) is 19.7. The minimum Gasteiger partial charge on any atom is -0.392 e. The SMILES string of the molecule is OC/C=C/c1cccc(NC(c2ccccc2)(c2ccccc2)c2ccccc2)c1. The second kappa shape index (κ2) is 9.25. The largest absolute Gasteiger partial charge is 0.392 e. The van der Waals surface area contributed by atoms with Gasteiger partial charge in [-0.25, -0.2) is 0 Å². The molecule has 0 aromatic heterocycles. The Balaban J connectivity index is 1.93. The zero-order valence-corrected chi connectivity index (χ0v) is 16.8. The molecule has 4 aromatic carbocycles. The van der Waals surface area contributed by atoms with Crippen molar-refractivity contribution in [2.75, 3.05) is 11.9 Å². The van der Waals surface area contributed by atoms with E-state index in [0.717, 1.165) is 11.3 Å². The molecule has 0 fully saturated rings. The Morgan fingerprint density at radius 1 is 0.633 bits per heavy atom. The van der Waals surface area contributed by atoms with Gasteiger partial charge in [0.05, 0.1) is 6.61 Å². The van der Waals surface area contributed by atoms with Gasteiger partial charge in [0, 0.05) is 5.69 Å².